The highest BCUT2D eigenvalue weighted by atomic mass is 35.5. The van der Waals surface area contributed by atoms with Gasteiger partial charge in [0.2, 0.25) is 0 Å². The Hall–Kier alpha value is -0.840. The Kier molecular flexibility index (Phi) is 6.07. The van der Waals surface area contributed by atoms with Crippen LogP contribution < -0.4 is 5.32 Å². The average molecular weight is 297 g/mol. The van der Waals surface area contributed by atoms with E-state index >= 15 is 0 Å². The lowest BCUT2D eigenvalue weighted by Crippen LogP contribution is -2.46. The number of hydrogen-bond donors (Lipinski definition) is 1. The molecule has 0 unspecified atom stereocenters. The first-order valence-corrected chi connectivity index (χ1v) is 7.94. The van der Waals surface area contributed by atoms with Crippen molar-refractivity contribution in [2.45, 2.75) is 26.8 Å². The third kappa shape index (κ3) is 4.33. The largest absolute Gasteiger partial charge is 0.370 e. The molecule has 0 aromatic carbocycles. The third-order valence-corrected chi connectivity index (χ3v) is 4.00. The summed E-state index contributed by atoms with van der Waals surface area (Å²) in [6.45, 7) is 11.7. The van der Waals surface area contributed by atoms with E-state index in [0.717, 1.165) is 55.8 Å². The zero-order valence-corrected chi connectivity index (χ0v) is 13.3. The summed E-state index contributed by atoms with van der Waals surface area (Å²) in [5.41, 5.74) is 0.981. The number of piperazine rings is 1. The maximum atomic E-state index is 6.27. The van der Waals surface area contributed by atoms with Crippen molar-refractivity contribution in [1.29, 1.82) is 0 Å². The van der Waals surface area contributed by atoms with Crippen LogP contribution in [0, 0.1) is 0 Å². The molecule has 1 aromatic rings. The molecule has 20 heavy (non-hydrogen) atoms. The first-order chi connectivity index (χ1) is 9.72. The van der Waals surface area contributed by atoms with Gasteiger partial charge in [-0.1, -0.05) is 18.5 Å². The Labute approximate surface area is 127 Å². The molecule has 5 heteroatoms. The van der Waals surface area contributed by atoms with Gasteiger partial charge in [-0.3, -0.25) is 4.90 Å². The fourth-order valence-corrected chi connectivity index (χ4v) is 2.74. The van der Waals surface area contributed by atoms with Crippen molar-refractivity contribution in [3.8, 4) is 0 Å². The van der Waals surface area contributed by atoms with Crippen molar-refractivity contribution in [3.63, 3.8) is 0 Å². The van der Waals surface area contributed by atoms with E-state index in [2.05, 4.69) is 33.9 Å². The quantitative estimate of drug-likeness (QED) is 0.874. The molecule has 0 radical (unpaired) electrons. The van der Waals surface area contributed by atoms with Crippen molar-refractivity contribution in [3.05, 3.63) is 22.8 Å². The Morgan fingerprint density at radius 3 is 2.50 bits per heavy atom. The maximum absolute atomic E-state index is 6.27. The number of hydrogen-bond acceptors (Lipinski definition) is 4. The summed E-state index contributed by atoms with van der Waals surface area (Å²) < 4.78 is 0. The summed E-state index contributed by atoms with van der Waals surface area (Å²) in [6, 6.07) is 3.88. The van der Waals surface area contributed by atoms with Crippen LogP contribution >= 0.6 is 11.6 Å². The van der Waals surface area contributed by atoms with Crippen LogP contribution in [-0.2, 0) is 6.54 Å². The molecule has 1 aliphatic heterocycles. The minimum atomic E-state index is 0.766. The Morgan fingerprint density at radius 1 is 1.15 bits per heavy atom. The first-order valence-electron chi connectivity index (χ1n) is 7.57. The fourth-order valence-electron chi connectivity index (χ4n) is 2.57. The predicted octanol–water partition coefficient (Wildman–Crippen LogP) is 2.69. The first kappa shape index (κ1) is 15.5. The fraction of sp³-hybridized carbons (Fsp3) is 0.667. The van der Waals surface area contributed by atoms with Gasteiger partial charge >= 0.3 is 0 Å². The molecule has 4 nitrogen and oxygen atoms in total. The molecule has 1 saturated heterocycles. The van der Waals surface area contributed by atoms with E-state index in [9.17, 15) is 0 Å². The van der Waals surface area contributed by atoms with Crippen molar-refractivity contribution in [1.82, 2.24) is 14.8 Å². The lowest BCUT2D eigenvalue weighted by Gasteiger charge is -2.34. The number of rotatable bonds is 6. The van der Waals surface area contributed by atoms with E-state index in [4.69, 9.17) is 11.6 Å². The van der Waals surface area contributed by atoms with Gasteiger partial charge in [0, 0.05) is 39.3 Å². The second kappa shape index (κ2) is 7.81. The van der Waals surface area contributed by atoms with E-state index < -0.39 is 0 Å². The SMILES string of the molecule is CCCN1CCN(Cc2nc(NCC)ccc2Cl)CC1. The average Bonchev–Trinajstić information content (AvgIpc) is 2.45. The smallest absolute Gasteiger partial charge is 0.126 e. The second-order valence-electron chi connectivity index (χ2n) is 5.27. The van der Waals surface area contributed by atoms with Crippen molar-refractivity contribution < 1.29 is 0 Å². The molecule has 0 amide bonds. The number of aromatic nitrogens is 1. The van der Waals surface area contributed by atoms with Gasteiger partial charge in [0.1, 0.15) is 5.82 Å². The minimum absolute atomic E-state index is 0.766. The summed E-state index contributed by atoms with van der Waals surface area (Å²) >= 11 is 6.27. The van der Waals surface area contributed by atoms with Crippen LogP contribution in [0.4, 0.5) is 5.82 Å². The zero-order valence-electron chi connectivity index (χ0n) is 12.5. The molecule has 0 atom stereocenters. The van der Waals surface area contributed by atoms with E-state index in [1.54, 1.807) is 0 Å². The van der Waals surface area contributed by atoms with Crippen LogP contribution in [0.25, 0.3) is 0 Å². The summed E-state index contributed by atoms with van der Waals surface area (Å²) in [4.78, 5) is 9.58. The molecule has 0 aliphatic carbocycles. The number of anilines is 1. The van der Waals surface area contributed by atoms with Gasteiger partial charge < -0.3 is 10.2 Å². The molecule has 1 aliphatic rings. The monoisotopic (exact) mass is 296 g/mol. The molecule has 0 spiro atoms. The van der Waals surface area contributed by atoms with Gasteiger partial charge in [-0.15, -0.1) is 0 Å². The topological polar surface area (TPSA) is 31.4 Å². The molecule has 112 valence electrons. The normalized spacial score (nSPS) is 17.4. The molecule has 2 heterocycles. The van der Waals surface area contributed by atoms with Gasteiger partial charge in [0.15, 0.2) is 0 Å². The zero-order chi connectivity index (χ0) is 14.4. The number of nitrogens with zero attached hydrogens (tertiary/aromatic N) is 3. The Morgan fingerprint density at radius 2 is 1.85 bits per heavy atom. The third-order valence-electron chi connectivity index (χ3n) is 3.65. The Balaban J connectivity index is 1.92. The van der Waals surface area contributed by atoms with E-state index in [1.165, 1.54) is 13.0 Å². The molecule has 1 fully saturated rings. The van der Waals surface area contributed by atoms with Gasteiger partial charge in [-0.25, -0.2) is 4.98 Å². The van der Waals surface area contributed by atoms with Crippen LogP contribution in [-0.4, -0.2) is 54.1 Å². The number of halogens is 1. The molecule has 2 rings (SSSR count). The number of pyridine rings is 1. The lowest BCUT2D eigenvalue weighted by molar-refractivity contribution is 0.126. The maximum Gasteiger partial charge on any atom is 0.126 e. The second-order valence-corrected chi connectivity index (χ2v) is 5.68. The predicted molar refractivity (Wildman–Crippen MR) is 85.4 cm³/mol. The number of nitrogens with one attached hydrogen (secondary N) is 1. The lowest BCUT2D eigenvalue weighted by atomic mass is 10.2. The van der Waals surface area contributed by atoms with Crippen molar-refractivity contribution >= 4 is 17.4 Å². The van der Waals surface area contributed by atoms with Crippen LogP contribution in [0.2, 0.25) is 5.02 Å². The highest BCUT2D eigenvalue weighted by Crippen LogP contribution is 2.19. The molecular formula is C15H25ClN4. The van der Waals surface area contributed by atoms with Crippen molar-refractivity contribution in [2.75, 3.05) is 44.6 Å². The van der Waals surface area contributed by atoms with Crippen LogP contribution in [0.1, 0.15) is 26.0 Å². The molecule has 1 aromatic heterocycles. The standard InChI is InChI=1S/C15H25ClN4/c1-3-7-19-8-10-20(11-9-19)12-14-13(16)5-6-15(18-14)17-4-2/h5-6H,3-4,7-12H2,1-2H3,(H,17,18). The van der Waals surface area contributed by atoms with Crippen LogP contribution in [0.5, 0.6) is 0 Å². The van der Waals surface area contributed by atoms with Crippen molar-refractivity contribution in [2.24, 2.45) is 0 Å². The van der Waals surface area contributed by atoms with Gasteiger partial charge in [-0.2, -0.15) is 0 Å². The molecule has 0 saturated carbocycles. The summed E-state index contributed by atoms with van der Waals surface area (Å²) in [5, 5.41) is 4.01. The molecule has 0 bridgehead atoms. The van der Waals surface area contributed by atoms with E-state index in [0.29, 0.717) is 0 Å². The highest BCUT2D eigenvalue weighted by Gasteiger charge is 2.17. The van der Waals surface area contributed by atoms with Gasteiger partial charge in [0.25, 0.3) is 0 Å². The summed E-state index contributed by atoms with van der Waals surface area (Å²) in [5.74, 6) is 0.913. The summed E-state index contributed by atoms with van der Waals surface area (Å²) in [6.07, 6.45) is 1.23. The van der Waals surface area contributed by atoms with Gasteiger partial charge in [0.05, 0.1) is 10.7 Å². The van der Waals surface area contributed by atoms with Crippen LogP contribution in [0.3, 0.4) is 0 Å². The van der Waals surface area contributed by atoms with Gasteiger partial charge in [-0.05, 0) is 32.0 Å². The van der Waals surface area contributed by atoms with Crippen LogP contribution in [0.15, 0.2) is 12.1 Å². The Bertz CT molecular complexity index is 416. The van der Waals surface area contributed by atoms with E-state index in [-0.39, 0.29) is 0 Å². The minimum Gasteiger partial charge on any atom is -0.370 e. The highest BCUT2D eigenvalue weighted by molar-refractivity contribution is 6.31. The van der Waals surface area contributed by atoms with E-state index in [1.807, 2.05) is 12.1 Å². The summed E-state index contributed by atoms with van der Waals surface area (Å²) in [7, 11) is 0. The molecule has 1 N–H and O–H groups in total. The molecular weight excluding hydrogens is 272 g/mol.